The second-order valence-corrected chi connectivity index (χ2v) is 5.91. The highest BCUT2D eigenvalue weighted by molar-refractivity contribution is 5.98. The van der Waals surface area contributed by atoms with E-state index in [9.17, 15) is 4.79 Å². The molecule has 1 heterocycles. The Kier molecular flexibility index (Phi) is 8.28. The fourth-order valence-electron chi connectivity index (χ4n) is 2.40. The van der Waals surface area contributed by atoms with E-state index >= 15 is 0 Å². The lowest BCUT2D eigenvalue weighted by Gasteiger charge is -2.16. The van der Waals surface area contributed by atoms with Gasteiger partial charge in [0.15, 0.2) is 5.56 Å². The van der Waals surface area contributed by atoms with Gasteiger partial charge in [-0.2, -0.15) is 0 Å². The summed E-state index contributed by atoms with van der Waals surface area (Å²) in [5, 5.41) is 2.78. The molecule has 1 amide bonds. The Morgan fingerprint density at radius 3 is 2.04 bits per heavy atom. The van der Waals surface area contributed by atoms with E-state index in [0.717, 1.165) is 5.56 Å². The molecule has 2 aromatic rings. The van der Waals surface area contributed by atoms with Gasteiger partial charge in [0, 0.05) is 12.6 Å². The molecule has 142 valence electrons. The van der Waals surface area contributed by atoms with Crippen LogP contribution in [0, 0.1) is 0 Å². The molecule has 0 saturated heterocycles. The number of hydrogen-bond acceptors (Lipinski definition) is 6. The van der Waals surface area contributed by atoms with Crippen LogP contribution in [0.15, 0.2) is 30.6 Å². The van der Waals surface area contributed by atoms with Crippen LogP contribution in [0.5, 0.6) is 11.8 Å². The summed E-state index contributed by atoms with van der Waals surface area (Å²) < 4.78 is 10.2. The lowest BCUT2D eigenvalue weighted by molar-refractivity contribution is 0.0943. The first kappa shape index (κ1) is 21.7. The molecule has 0 aliphatic heterocycles. The van der Waals surface area contributed by atoms with Crippen LogP contribution in [-0.2, 0) is 0 Å². The molecule has 1 aromatic carbocycles. The van der Waals surface area contributed by atoms with Gasteiger partial charge >= 0.3 is 0 Å². The molecule has 0 spiro atoms. The molecule has 1 atom stereocenters. The third-order valence-corrected chi connectivity index (χ3v) is 3.91. The number of aromatic nitrogens is 2. The molecule has 0 radical (unpaired) electrons. The molecule has 26 heavy (non-hydrogen) atoms. The average Bonchev–Trinajstić information content (AvgIpc) is 2.64. The highest BCUT2D eigenvalue weighted by Crippen LogP contribution is 2.23. The fourth-order valence-corrected chi connectivity index (χ4v) is 2.40. The normalized spacial score (nSPS) is 11.5. The Morgan fingerprint density at radius 2 is 1.58 bits per heavy atom. The largest absolute Gasteiger partial charge is 0.480 e. The minimum Gasteiger partial charge on any atom is -0.480 e. The first-order chi connectivity index (χ1) is 12.0. The summed E-state index contributed by atoms with van der Waals surface area (Å²) in [5.74, 6) is 0.366. The molecule has 0 aliphatic rings. The van der Waals surface area contributed by atoms with Gasteiger partial charge in [-0.25, -0.2) is 9.97 Å². The second kappa shape index (κ2) is 9.94. The Morgan fingerprint density at radius 1 is 1.08 bits per heavy atom. The summed E-state index contributed by atoms with van der Waals surface area (Å²) in [6, 6.07) is 7.75. The SMILES string of the molecule is COc1ncnc(OC)c1C(=O)NCC(N)c1ccc(C(C)C)cc1.Cl. The summed E-state index contributed by atoms with van der Waals surface area (Å²) in [5.41, 5.74) is 8.53. The number of rotatable bonds is 7. The van der Waals surface area contributed by atoms with Crippen LogP contribution in [0.2, 0.25) is 0 Å². The van der Waals surface area contributed by atoms with E-state index in [2.05, 4.69) is 41.3 Å². The van der Waals surface area contributed by atoms with Crippen LogP contribution in [0.4, 0.5) is 0 Å². The first-order valence-corrected chi connectivity index (χ1v) is 8.04. The Hall–Kier alpha value is -2.38. The number of amides is 1. The number of benzene rings is 1. The number of carbonyl (C=O) groups is 1. The zero-order chi connectivity index (χ0) is 18.4. The molecule has 1 aromatic heterocycles. The van der Waals surface area contributed by atoms with E-state index in [0.29, 0.717) is 5.92 Å². The third kappa shape index (κ3) is 5.06. The molecule has 0 saturated carbocycles. The predicted octanol–water partition coefficient (Wildman–Crippen LogP) is 2.47. The quantitative estimate of drug-likeness (QED) is 0.765. The average molecular weight is 381 g/mol. The number of halogens is 1. The summed E-state index contributed by atoms with van der Waals surface area (Å²) in [6.45, 7) is 4.54. The molecule has 0 aliphatic carbocycles. The number of nitrogens with two attached hydrogens (primary N) is 1. The van der Waals surface area contributed by atoms with Crippen LogP contribution in [0.1, 0.15) is 47.3 Å². The van der Waals surface area contributed by atoms with E-state index in [4.69, 9.17) is 15.2 Å². The van der Waals surface area contributed by atoms with E-state index in [1.165, 1.54) is 26.1 Å². The fraction of sp³-hybridized carbons (Fsp3) is 0.389. The van der Waals surface area contributed by atoms with Crippen LogP contribution in [0.25, 0.3) is 0 Å². The van der Waals surface area contributed by atoms with Gasteiger partial charge in [-0.15, -0.1) is 12.4 Å². The van der Waals surface area contributed by atoms with Crippen LogP contribution < -0.4 is 20.5 Å². The molecule has 3 N–H and O–H groups in total. The van der Waals surface area contributed by atoms with Crippen LogP contribution >= 0.6 is 12.4 Å². The lowest BCUT2D eigenvalue weighted by atomic mass is 9.99. The van der Waals surface area contributed by atoms with Crippen molar-refractivity contribution < 1.29 is 14.3 Å². The van der Waals surface area contributed by atoms with Crippen LogP contribution in [0.3, 0.4) is 0 Å². The highest BCUT2D eigenvalue weighted by atomic mass is 35.5. The molecule has 7 nitrogen and oxygen atoms in total. The molecular weight excluding hydrogens is 356 g/mol. The molecular formula is C18H25ClN4O3. The van der Waals surface area contributed by atoms with Gasteiger partial charge in [-0.3, -0.25) is 4.79 Å². The second-order valence-electron chi connectivity index (χ2n) is 5.91. The van der Waals surface area contributed by atoms with Gasteiger partial charge in [0.2, 0.25) is 11.8 Å². The first-order valence-electron chi connectivity index (χ1n) is 8.04. The lowest BCUT2D eigenvalue weighted by Crippen LogP contribution is -2.32. The van der Waals surface area contributed by atoms with E-state index in [1.807, 2.05) is 12.1 Å². The van der Waals surface area contributed by atoms with Crippen molar-refractivity contribution in [1.82, 2.24) is 15.3 Å². The maximum absolute atomic E-state index is 12.5. The van der Waals surface area contributed by atoms with Gasteiger partial charge in [0.05, 0.1) is 14.2 Å². The number of ether oxygens (including phenoxy) is 2. The third-order valence-electron chi connectivity index (χ3n) is 3.91. The summed E-state index contributed by atoms with van der Waals surface area (Å²) in [4.78, 5) is 20.3. The van der Waals surface area contributed by atoms with Crippen molar-refractivity contribution in [3.8, 4) is 11.8 Å². The molecule has 2 rings (SSSR count). The van der Waals surface area contributed by atoms with Gasteiger partial charge in [-0.1, -0.05) is 38.1 Å². The Labute approximate surface area is 159 Å². The maximum Gasteiger partial charge on any atom is 0.262 e. The standard InChI is InChI=1S/C18H24N4O3.ClH/c1-11(2)12-5-7-13(8-6-12)14(19)9-20-16(23)15-17(24-3)21-10-22-18(15)25-4;/h5-8,10-11,14H,9,19H2,1-4H3,(H,20,23);1H. The summed E-state index contributed by atoms with van der Waals surface area (Å²) in [6.07, 6.45) is 1.27. The van der Waals surface area contributed by atoms with Crippen molar-refractivity contribution in [2.24, 2.45) is 5.73 Å². The highest BCUT2D eigenvalue weighted by Gasteiger charge is 2.21. The number of nitrogens with one attached hydrogen (secondary N) is 1. The number of nitrogens with zero attached hydrogens (tertiary/aromatic N) is 2. The molecule has 0 bridgehead atoms. The van der Waals surface area contributed by atoms with Gasteiger partial charge in [-0.05, 0) is 17.0 Å². The van der Waals surface area contributed by atoms with Crippen molar-refractivity contribution in [1.29, 1.82) is 0 Å². The number of methoxy groups -OCH3 is 2. The monoisotopic (exact) mass is 380 g/mol. The van der Waals surface area contributed by atoms with Gasteiger partial charge < -0.3 is 20.5 Å². The van der Waals surface area contributed by atoms with Crippen molar-refractivity contribution in [3.63, 3.8) is 0 Å². The number of carbonyl (C=O) groups excluding carboxylic acids is 1. The smallest absolute Gasteiger partial charge is 0.262 e. The zero-order valence-corrected chi connectivity index (χ0v) is 16.2. The zero-order valence-electron chi connectivity index (χ0n) is 15.4. The predicted molar refractivity (Wildman–Crippen MR) is 102 cm³/mol. The van der Waals surface area contributed by atoms with Gasteiger partial charge in [0.25, 0.3) is 5.91 Å². The summed E-state index contributed by atoms with van der Waals surface area (Å²) in [7, 11) is 2.86. The molecule has 0 fully saturated rings. The van der Waals surface area contributed by atoms with Crippen molar-refractivity contribution in [2.45, 2.75) is 25.8 Å². The summed E-state index contributed by atoms with van der Waals surface area (Å²) >= 11 is 0. The van der Waals surface area contributed by atoms with Crippen LogP contribution in [-0.4, -0.2) is 36.6 Å². The maximum atomic E-state index is 12.5. The van der Waals surface area contributed by atoms with Crippen molar-refractivity contribution >= 4 is 18.3 Å². The molecule has 1 unspecified atom stereocenters. The van der Waals surface area contributed by atoms with Gasteiger partial charge in [0.1, 0.15) is 6.33 Å². The van der Waals surface area contributed by atoms with E-state index in [-0.39, 0.29) is 42.3 Å². The topological polar surface area (TPSA) is 99.4 Å². The number of hydrogen-bond donors (Lipinski definition) is 2. The van der Waals surface area contributed by atoms with Crippen molar-refractivity contribution in [3.05, 3.63) is 47.3 Å². The van der Waals surface area contributed by atoms with Crippen molar-refractivity contribution in [2.75, 3.05) is 20.8 Å². The van der Waals surface area contributed by atoms with E-state index in [1.54, 1.807) is 0 Å². The minimum atomic E-state index is -0.399. The minimum absolute atomic E-state index is 0. The Balaban J connectivity index is 0.00000338. The molecule has 8 heteroatoms. The Bertz CT molecular complexity index is 701. The van der Waals surface area contributed by atoms with E-state index < -0.39 is 5.91 Å².